The van der Waals surface area contributed by atoms with Gasteiger partial charge in [0.15, 0.2) is 5.75 Å². The Bertz CT molecular complexity index is 970. The Morgan fingerprint density at radius 1 is 1.21 bits per heavy atom. The van der Waals surface area contributed by atoms with Crippen LogP contribution in [0.2, 0.25) is 10.0 Å². The van der Waals surface area contributed by atoms with E-state index in [4.69, 9.17) is 23.2 Å². The predicted molar refractivity (Wildman–Crippen MR) is 107 cm³/mol. The van der Waals surface area contributed by atoms with Crippen molar-refractivity contribution in [3.63, 3.8) is 0 Å². The number of hydrogen-bond donors (Lipinski definition) is 2. The maximum absolute atomic E-state index is 12.7. The van der Waals surface area contributed by atoms with Crippen LogP contribution in [0.5, 0.6) is 11.6 Å². The molecule has 0 atom stereocenters. The number of aromatic hydroxyl groups is 2. The molecule has 148 valence electrons. The zero-order valence-electron chi connectivity index (χ0n) is 15.2. The van der Waals surface area contributed by atoms with Gasteiger partial charge in [-0.05, 0) is 24.1 Å². The van der Waals surface area contributed by atoms with Crippen molar-refractivity contribution < 1.29 is 15.0 Å². The highest BCUT2D eigenvalue weighted by Gasteiger charge is 2.23. The molecular weight excluding hydrogens is 403 g/mol. The minimum absolute atomic E-state index is 0.0442. The quantitative estimate of drug-likeness (QED) is 0.606. The second-order valence-corrected chi connectivity index (χ2v) is 7.29. The molecule has 0 saturated carbocycles. The van der Waals surface area contributed by atoms with Crippen LogP contribution in [-0.2, 0) is 19.6 Å². The van der Waals surface area contributed by atoms with Crippen molar-refractivity contribution >= 4 is 29.1 Å². The molecule has 0 radical (unpaired) electrons. The standard InChI is InChI=1S/C19H20Cl2N4O3/c1-23(10-13-3-4-15(20)16(21)9-13)18(27)14-11-25(19(28)17(14)26)7-2-6-24-8-5-22-12-24/h3-5,8-9,11-12,26,28H,2,6-7,10H2,1H3. The third-order valence-corrected chi connectivity index (χ3v) is 5.12. The molecule has 7 nitrogen and oxygen atoms in total. The maximum Gasteiger partial charge on any atom is 0.259 e. The molecular formula is C19H20Cl2N4O3. The molecule has 2 heterocycles. The van der Waals surface area contributed by atoms with Crippen molar-refractivity contribution in [2.75, 3.05) is 7.05 Å². The molecule has 0 fully saturated rings. The van der Waals surface area contributed by atoms with Gasteiger partial charge in [-0.15, -0.1) is 0 Å². The topological polar surface area (TPSA) is 83.5 Å². The Hall–Kier alpha value is -2.64. The predicted octanol–water partition coefficient (Wildman–Crippen LogP) is 3.77. The van der Waals surface area contributed by atoms with E-state index in [1.807, 2.05) is 10.8 Å². The van der Waals surface area contributed by atoms with E-state index in [1.54, 1.807) is 37.8 Å². The normalized spacial score (nSPS) is 11.0. The molecule has 0 spiro atoms. The van der Waals surface area contributed by atoms with E-state index in [0.717, 1.165) is 5.56 Å². The monoisotopic (exact) mass is 422 g/mol. The van der Waals surface area contributed by atoms with Crippen LogP contribution in [0.25, 0.3) is 0 Å². The van der Waals surface area contributed by atoms with E-state index in [-0.39, 0.29) is 18.0 Å². The van der Waals surface area contributed by atoms with Gasteiger partial charge >= 0.3 is 0 Å². The maximum atomic E-state index is 12.7. The average molecular weight is 423 g/mol. The zero-order chi connectivity index (χ0) is 20.3. The van der Waals surface area contributed by atoms with Crippen LogP contribution in [0.1, 0.15) is 22.3 Å². The zero-order valence-corrected chi connectivity index (χ0v) is 16.7. The molecule has 9 heteroatoms. The largest absolute Gasteiger partial charge is 0.503 e. The number of carbonyl (C=O) groups is 1. The van der Waals surface area contributed by atoms with Gasteiger partial charge in [0.2, 0.25) is 5.88 Å². The van der Waals surface area contributed by atoms with E-state index in [1.165, 1.54) is 15.7 Å². The number of imidazole rings is 1. The Labute approximate surface area is 172 Å². The number of nitrogens with zero attached hydrogens (tertiary/aromatic N) is 4. The van der Waals surface area contributed by atoms with E-state index in [2.05, 4.69) is 4.98 Å². The first-order chi connectivity index (χ1) is 13.4. The molecule has 3 rings (SSSR count). The highest BCUT2D eigenvalue weighted by molar-refractivity contribution is 6.42. The van der Waals surface area contributed by atoms with Crippen LogP contribution in [0, 0.1) is 0 Å². The van der Waals surface area contributed by atoms with Gasteiger partial charge in [-0.25, -0.2) is 4.98 Å². The van der Waals surface area contributed by atoms with E-state index < -0.39 is 11.7 Å². The number of aromatic nitrogens is 3. The number of amides is 1. The van der Waals surface area contributed by atoms with Crippen LogP contribution in [0.4, 0.5) is 0 Å². The Morgan fingerprint density at radius 3 is 2.68 bits per heavy atom. The Kier molecular flexibility index (Phi) is 6.16. The third kappa shape index (κ3) is 4.43. The van der Waals surface area contributed by atoms with E-state index >= 15 is 0 Å². The van der Waals surface area contributed by atoms with Gasteiger partial charge in [-0.1, -0.05) is 29.3 Å². The van der Waals surface area contributed by atoms with Crippen LogP contribution < -0.4 is 0 Å². The molecule has 0 aliphatic heterocycles. The van der Waals surface area contributed by atoms with Gasteiger partial charge in [-0.2, -0.15) is 0 Å². The van der Waals surface area contributed by atoms with Gasteiger partial charge in [0.1, 0.15) is 5.56 Å². The van der Waals surface area contributed by atoms with Crippen LogP contribution in [-0.4, -0.2) is 42.2 Å². The molecule has 0 aliphatic carbocycles. The summed E-state index contributed by atoms with van der Waals surface area (Å²) in [6, 6.07) is 5.13. The smallest absolute Gasteiger partial charge is 0.259 e. The molecule has 1 aromatic carbocycles. The van der Waals surface area contributed by atoms with Crippen molar-refractivity contribution in [1.29, 1.82) is 0 Å². The van der Waals surface area contributed by atoms with Gasteiger partial charge in [0, 0.05) is 45.3 Å². The average Bonchev–Trinajstić information content (AvgIpc) is 3.28. The lowest BCUT2D eigenvalue weighted by atomic mass is 10.2. The van der Waals surface area contributed by atoms with Crippen molar-refractivity contribution in [3.8, 4) is 11.6 Å². The van der Waals surface area contributed by atoms with Crippen molar-refractivity contribution in [1.82, 2.24) is 19.0 Å². The second-order valence-electron chi connectivity index (χ2n) is 6.47. The molecule has 1 amide bonds. The summed E-state index contributed by atoms with van der Waals surface area (Å²) >= 11 is 11.9. The van der Waals surface area contributed by atoms with Crippen molar-refractivity contribution in [2.24, 2.45) is 0 Å². The molecule has 0 aliphatic rings. The fraction of sp³-hybridized carbons (Fsp3) is 0.263. The summed E-state index contributed by atoms with van der Waals surface area (Å²) in [6.07, 6.45) is 7.41. The number of hydrogen-bond acceptors (Lipinski definition) is 4. The highest BCUT2D eigenvalue weighted by Crippen LogP contribution is 2.32. The first kappa shape index (κ1) is 20.1. The summed E-state index contributed by atoms with van der Waals surface area (Å²) in [5.41, 5.74) is 0.844. The first-order valence-corrected chi connectivity index (χ1v) is 9.38. The van der Waals surface area contributed by atoms with E-state index in [0.29, 0.717) is 29.6 Å². The molecule has 2 N–H and O–H groups in total. The van der Waals surface area contributed by atoms with Crippen LogP contribution >= 0.6 is 23.2 Å². The van der Waals surface area contributed by atoms with Gasteiger partial charge < -0.3 is 24.2 Å². The number of halogens is 2. The first-order valence-electron chi connectivity index (χ1n) is 8.63. The second kappa shape index (κ2) is 8.58. The summed E-state index contributed by atoms with van der Waals surface area (Å²) in [5.74, 6) is -1.15. The van der Waals surface area contributed by atoms with Gasteiger partial charge in [-0.3, -0.25) is 4.79 Å². The minimum atomic E-state index is -0.423. The molecule has 0 bridgehead atoms. The minimum Gasteiger partial charge on any atom is -0.503 e. The summed E-state index contributed by atoms with van der Waals surface area (Å²) in [7, 11) is 1.61. The number of aryl methyl sites for hydroxylation is 2. The summed E-state index contributed by atoms with van der Waals surface area (Å²) < 4.78 is 3.38. The van der Waals surface area contributed by atoms with E-state index in [9.17, 15) is 15.0 Å². The lowest BCUT2D eigenvalue weighted by Gasteiger charge is -2.17. The Balaban J connectivity index is 1.67. The third-order valence-electron chi connectivity index (χ3n) is 4.38. The SMILES string of the molecule is CN(Cc1ccc(Cl)c(Cl)c1)C(=O)c1cn(CCCn2ccnc2)c(O)c1O. The summed E-state index contributed by atoms with van der Waals surface area (Å²) in [5, 5.41) is 21.2. The van der Waals surface area contributed by atoms with Crippen molar-refractivity contribution in [3.05, 3.63) is 64.3 Å². The van der Waals surface area contributed by atoms with Crippen LogP contribution in [0.15, 0.2) is 43.1 Å². The van der Waals surface area contributed by atoms with Gasteiger partial charge in [0.25, 0.3) is 5.91 Å². The lowest BCUT2D eigenvalue weighted by Crippen LogP contribution is -2.26. The number of carbonyl (C=O) groups excluding carboxylic acids is 1. The van der Waals surface area contributed by atoms with Crippen LogP contribution in [0.3, 0.4) is 0 Å². The summed E-state index contributed by atoms with van der Waals surface area (Å²) in [6.45, 7) is 1.43. The molecule has 0 unspecified atom stereocenters. The number of benzene rings is 1. The Morgan fingerprint density at radius 2 is 2.00 bits per heavy atom. The van der Waals surface area contributed by atoms with Crippen molar-refractivity contribution in [2.45, 2.75) is 26.1 Å². The molecule has 3 aromatic rings. The summed E-state index contributed by atoms with van der Waals surface area (Å²) in [4.78, 5) is 18.1. The molecule has 2 aromatic heterocycles. The molecule has 28 heavy (non-hydrogen) atoms. The number of rotatable bonds is 7. The fourth-order valence-corrected chi connectivity index (χ4v) is 3.21. The highest BCUT2D eigenvalue weighted by atomic mass is 35.5. The fourth-order valence-electron chi connectivity index (χ4n) is 2.89. The molecule has 0 saturated heterocycles. The lowest BCUT2D eigenvalue weighted by molar-refractivity contribution is 0.0782. The van der Waals surface area contributed by atoms with Gasteiger partial charge in [0.05, 0.1) is 16.4 Å².